The number of Topliss-reactive ketones (excluding diaryl/α,β-unsaturated/α-hetero) is 1. The number of hydrogen-bond acceptors (Lipinski definition) is 5. The molecule has 6 heteroatoms. The van der Waals surface area contributed by atoms with Gasteiger partial charge in [-0.05, 0) is 38.0 Å². The van der Waals surface area contributed by atoms with Crippen molar-refractivity contribution in [2.45, 2.75) is 32.1 Å². The maximum Gasteiger partial charge on any atom is 0.336 e. The van der Waals surface area contributed by atoms with Crippen molar-refractivity contribution in [3.8, 4) is 5.75 Å². The molecule has 0 saturated carbocycles. The molecule has 1 aromatic carbocycles. The molecular weight excluding hydrogens is 386 g/mol. The Hall–Kier alpha value is -2.08. The number of ether oxygens (including phenoxy) is 2. The third-order valence-electron chi connectivity index (χ3n) is 4.68. The predicted octanol–water partition coefficient (Wildman–Crippen LogP) is 3.60. The zero-order valence-electron chi connectivity index (χ0n) is 14.4. The molecule has 1 N–H and O–H groups in total. The minimum atomic E-state index is -0.496. The molecule has 1 atom stereocenters. The van der Waals surface area contributed by atoms with Gasteiger partial charge in [-0.1, -0.05) is 15.9 Å². The Morgan fingerprint density at radius 1 is 1.28 bits per heavy atom. The van der Waals surface area contributed by atoms with Crippen LogP contribution in [0.2, 0.25) is 0 Å². The lowest BCUT2D eigenvalue weighted by Crippen LogP contribution is -2.34. The highest BCUT2D eigenvalue weighted by atomic mass is 79.9. The highest BCUT2D eigenvalue weighted by molar-refractivity contribution is 9.10. The molecule has 0 saturated heterocycles. The number of rotatable bonds is 3. The minimum absolute atomic E-state index is 0.0645. The molecule has 1 aromatic rings. The van der Waals surface area contributed by atoms with Crippen molar-refractivity contribution in [1.29, 1.82) is 0 Å². The molecule has 25 heavy (non-hydrogen) atoms. The Morgan fingerprint density at radius 2 is 2.04 bits per heavy atom. The first-order valence-electron chi connectivity index (χ1n) is 8.13. The van der Waals surface area contributed by atoms with Gasteiger partial charge in [0, 0.05) is 33.4 Å². The van der Waals surface area contributed by atoms with E-state index >= 15 is 0 Å². The Bertz CT molecular complexity index is 810. The molecule has 0 aromatic heterocycles. The summed E-state index contributed by atoms with van der Waals surface area (Å²) in [6, 6.07) is 5.60. The van der Waals surface area contributed by atoms with Gasteiger partial charge in [0.05, 0.1) is 25.7 Å². The Morgan fingerprint density at radius 3 is 2.72 bits per heavy atom. The second kappa shape index (κ2) is 7.04. The largest absolute Gasteiger partial charge is 0.496 e. The number of methoxy groups -OCH3 is 2. The maximum absolute atomic E-state index is 12.7. The quantitative estimate of drug-likeness (QED) is 0.778. The molecular formula is C19H20BrNO4. The van der Waals surface area contributed by atoms with Crippen molar-refractivity contribution in [2.24, 2.45) is 0 Å². The SMILES string of the molecule is COC(=O)C1=C(C)NC2=C(C(=O)CCC2)[C@@H]1c1cc(Br)ccc1OC. The van der Waals surface area contributed by atoms with E-state index in [0.29, 0.717) is 29.0 Å². The van der Waals surface area contributed by atoms with Gasteiger partial charge in [-0.15, -0.1) is 0 Å². The van der Waals surface area contributed by atoms with E-state index in [9.17, 15) is 9.59 Å². The number of carbonyl (C=O) groups excluding carboxylic acids is 2. The molecule has 0 spiro atoms. The fourth-order valence-corrected chi connectivity index (χ4v) is 3.98. The second-order valence-corrected chi connectivity index (χ2v) is 7.06. The van der Waals surface area contributed by atoms with E-state index in [1.165, 1.54) is 7.11 Å². The zero-order chi connectivity index (χ0) is 18.1. The number of esters is 1. The molecule has 0 unspecified atom stereocenters. The molecule has 1 aliphatic heterocycles. The zero-order valence-corrected chi connectivity index (χ0v) is 16.0. The Kier molecular flexibility index (Phi) is 4.99. The van der Waals surface area contributed by atoms with E-state index in [1.807, 2.05) is 25.1 Å². The molecule has 1 aliphatic carbocycles. The average molecular weight is 406 g/mol. The van der Waals surface area contributed by atoms with Crippen molar-refractivity contribution < 1.29 is 19.1 Å². The topological polar surface area (TPSA) is 64.6 Å². The summed E-state index contributed by atoms with van der Waals surface area (Å²) in [5, 5.41) is 3.25. The van der Waals surface area contributed by atoms with Crippen LogP contribution in [0.1, 0.15) is 37.7 Å². The molecule has 3 rings (SSSR count). The first kappa shape index (κ1) is 17.7. The van der Waals surface area contributed by atoms with Gasteiger partial charge >= 0.3 is 5.97 Å². The van der Waals surface area contributed by atoms with E-state index in [1.54, 1.807) is 7.11 Å². The van der Waals surface area contributed by atoms with Crippen LogP contribution >= 0.6 is 15.9 Å². The molecule has 2 aliphatic rings. The van der Waals surface area contributed by atoms with Gasteiger partial charge < -0.3 is 14.8 Å². The third-order valence-corrected chi connectivity index (χ3v) is 5.18. The Balaban J connectivity index is 2.27. The lowest BCUT2D eigenvalue weighted by molar-refractivity contribution is -0.136. The lowest BCUT2D eigenvalue weighted by atomic mass is 9.75. The average Bonchev–Trinajstić information content (AvgIpc) is 2.60. The predicted molar refractivity (Wildman–Crippen MR) is 97.2 cm³/mol. The van der Waals surface area contributed by atoms with Crippen LogP contribution in [-0.2, 0) is 14.3 Å². The van der Waals surface area contributed by atoms with Crippen LogP contribution in [0.15, 0.2) is 45.2 Å². The summed E-state index contributed by atoms with van der Waals surface area (Å²) in [5.41, 5.74) is 3.49. The molecule has 1 heterocycles. The van der Waals surface area contributed by atoms with E-state index in [2.05, 4.69) is 21.2 Å². The van der Waals surface area contributed by atoms with Crippen LogP contribution in [0.3, 0.4) is 0 Å². The van der Waals surface area contributed by atoms with Crippen molar-refractivity contribution in [3.05, 3.63) is 50.8 Å². The maximum atomic E-state index is 12.7. The summed E-state index contributed by atoms with van der Waals surface area (Å²) in [6.07, 6.45) is 2.09. The summed E-state index contributed by atoms with van der Waals surface area (Å²) in [5.74, 6) is -0.241. The highest BCUT2D eigenvalue weighted by Crippen LogP contribution is 2.45. The molecule has 0 bridgehead atoms. The standard InChI is InChI=1S/C19H20BrNO4/c1-10-16(19(23)25-3)17(12-9-11(20)7-8-15(12)24-2)18-13(21-10)5-4-6-14(18)22/h7-9,17,21H,4-6H2,1-3H3/t17-/m1/s1. The number of allylic oxidation sites excluding steroid dienone is 3. The summed E-state index contributed by atoms with van der Waals surface area (Å²) in [4.78, 5) is 25.3. The lowest BCUT2D eigenvalue weighted by Gasteiger charge is -2.34. The molecule has 0 amide bonds. The first-order chi connectivity index (χ1) is 12.0. The summed E-state index contributed by atoms with van der Waals surface area (Å²) in [7, 11) is 2.94. The van der Waals surface area contributed by atoms with Crippen molar-refractivity contribution >= 4 is 27.7 Å². The van der Waals surface area contributed by atoms with E-state index in [4.69, 9.17) is 9.47 Å². The third kappa shape index (κ3) is 3.11. The number of carbonyl (C=O) groups is 2. The van der Waals surface area contributed by atoms with Gasteiger partial charge in [-0.25, -0.2) is 4.79 Å². The molecule has 0 radical (unpaired) electrons. The van der Waals surface area contributed by atoms with Crippen LogP contribution in [0.4, 0.5) is 0 Å². The second-order valence-electron chi connectivity index (χ2n) is 6.14. The van der Waals surface area contributed by atoms with Gasteiger partial charge in [0.2, 0.25) is 0 Å². The van der Waals surface area contributed by atoms with Crippen molar-refractivity contribution in [1.82, 2.24) is 5.32 Å². The van der Waals surface area contributed by atoms with E-state index in [-0.39, 0.29) is 5.78 Å². The van der Waals surface area contributed by atoms with Crippen LogP contribution in [0.5, 0.6) is 5.75 Å². The number of ketones is 1. The van der Waals surface area contributed by atoms with Crippen LogP contribution in [0, 0.1) is 0 Å². The van der Waals surface area contributed by atoms with Crippen molar-refractivity contribution in [2.75, 3.05) is 14.2 Å². The fraction of sp³-hybridized carbons (Fsp3) is 0.368. The highest BCUT2D eigenvalue weighted by Gasteiger charge is 2.40. The number of nitrogens with one attached hydrogen (secondary N) is 1. The van der Waals surface area contributed by atoms with Gasteiger partial charge in [0.1, 0.15) is 5.75 Å². The number of dihydropyridines is 1. The van der Waals surface area contributed by atoms with Crippen LogP contribution in [0.25, 0.3) is 0 Å². The molecule has 132 valence electrons. The molecule has 5 nitrogen and oxygen atoms in total. The van der Waals surface area contributed by atoms with E-state index < -0.39 is 11.9 Å². The first-order valence-corrected chi connectivity index (χ1v) is 8.93. The fourth-order valence-electron chi connectivity index (χ4n) is 3.61. The van der Waals surface area contributed by atoms with Crippen LogP contribution in [-0.4, -0.2) is 26.0 Å². The summed E-state index contributed by atoms with van der Waals surface area (Å²) >= 11 is 3.48. The van der Waals surface area contributed by atoms with Gasteiger partial charge in [0.15, 0.2) is 5.78 Å². The Labute approximate surface area is 155 Å². The number of benzene rings is 1. The summed E-state index contributed by atoms with van der Waals surface area (Å²) in [6.45, 7) is 1.84. The molecule has 0 fully saturated rings. The summed E-state index contributed by atoms with van der Waals surface area (Å²) < 4.78 is 11.4. The van der Waals surface area contributed by atoms with Gasteiger partial charge in [-0.3, -0.25) is 4.79 Å². The normalized spacial score (nSPS) is 20.2. The van der Waals surface area contributed by atoms with Gasteiger partial charge in [0.25, 0.3) is 0 Å². The monoisotopic (exact) mass is 405 g/mol. The van der Waals surface area contributed by atoms with Crippen LogP contribution < -0.4 is 10.1 Å². The number of hydrogen-bond donors (Lipinski definition) is 1. The smallest absolute Gasteiger partial charge is 0.336 e. The number of halogens is 1. The van der Waals surface area contributed by atoms with Gasteiger partial charge in [-0.2, -0.15) is 0 Å². The minimum Gasteiger partial charge on any atom is -0.496 e. The van der Waals surface area contributed by atoms with E-state index in [0.717, 1.165) is 28.6 Å². The van der Waals surface area contributed by atoms with Crippen molar-refractivity contribution in [3.63, 3.8) is 0 Å².